The van der Waals surface area contributed by atoms with Crippen molar-refractivity contribution in [3.05, 3.63) is 28.7 Å². The predicted octanol–water partition coefficient (Wildman–Crippen LogP) is 0.796. The number of pyridine rings is 1. The highest BCUT2D eigenvalue weighted by molar-refractivity contribution is 7.89. The van der Waals surface area contributed by atoms with Crippen LogP contribution >= 0.6 is 0 Å². The summed E-state index contributed by atoms with van der Waals surface area (Å²) in [6.07, 6.45) is 4.79. The van der Waals surface area contributed by atoms with Gasteiger partial charge in [-0.05, 0) is 30.7 Å². The fourth-order valence-corrected chi connectivity index (χ4v) is 4.62. The number of aromatic amines is 1. The third-order valence-corrected chi connectivity index (χ3v) is 5.91. The molecule has 0 bridgehead atoms. The minimum absolute atomic E-state index is 0.182. The summed E-state index contributed by atoms with van der Waals surface area (Å²) in [6.45, 7) is 1.26. The van der Waals surface area contributed by atoms with Crippen molar-refractivity contribution in [3.8, 4) is 0 Å². The number of aromatic nitrogens is 1. The van der Waals surface area contributed by atoms with Gasteiger partial charge in [-0.25, -0.2) is 8.42 Å². The van der Waals surface area contributed by atoms with Crippen molar-refractivity contribution in [1.82, 2.24) is 9.29 Å². The van der Waals surface area contributed by atoms with E-state index in [1.165, 1.54) is 24.8 Å². The number of nitrogens with zero attached hydrogens (tertiary/aromatic N) is 1. The highest BCUT2D eigenvalue weighted by atomic mass is 32.2. The van der Waals surface area contributed by atoms with E-state index in [0.717, 1.165) is 12.8 Å². The summed E-state index contributed by atoms with van der Waals surface area (Å²) in [6, 6.07) is 2.63. The maximum Gasteiger partial charge on any atom is 0.247 e. The number of hydrogen-bond acceptors (Lipinski definition) is 3. The van der Waals surface area contributed by atoms with Gasteiger partial charge in [0.15, 0.2) is 0 Å². The number of hydrogen-bond donors (Lipinski definition) is 1. The molecule has 0 spiro atoms. The fraction of sp³-hybridized carbons (Fsp3) is 0.583. The lowest BCUT2D eigenvalue weighted by molar-refractivity contribution is 0.445. The van der Waals surface area contributed by atoms with Crippen molar-refractivity contribution in [1.29, 1.82) is 0 Å². The maximum absolute atomic E-state index is 12.4. The van der Waals surface area contributed by atoms with E-state index >= 15 is 0 Å². The van der Waals surface area contributed by atoms with E-state index in [9.17, 15) is 13.2 Å². The molecule has 1 aromatic rings. The molecule has 98 valence electrons. The first kappa shape index (κ1) is 11.9. The van der Waals surface area contributed by atoms with E-state index in [2.05, 4.69) is 4.98 Å². The van der Waals surface area contributed by atoms with Crippen molar-refractivity contribution in [2.45, 2.75) is 24.2 Å². The van der Waals surface area contributed by atoms with Gasteiger partial charge in [-0.3, -0.25) is 4.79 Å². The van der Waals surface area contributed by atoms with Crippen LogP contribution in [0.4, 0.5) is 0 Å². The molecular weight excluding hydrogens is 252 g/mol. The van der Waals surface area contributed by atoms with Gasteiger partial charge < -0.3 is 4.98 Å². The second-order valence-electron chi connectivity index (χ2n) is 5.16. The van der Waals surface area contributed by atoms with Crippen LogP contribution in [0.1, 0.15) is 19.3 Å². The second-order valence-corrected chi connectivity index (χ2v) is 7.10. The summed E-state index contributed by atoms with van der Waals surface area (Å²) in [4.78, 5) is 13.6. The molecule has 2 heterocycles. The first-order valence-electron chi connectivity index (χ1n) is 6.26. The zero-order valence-corrected chi connectivity index (χ0v) is 10.8. The van der Waals surface area contributed by atoms with Gasteiger partial charge in [0.25, 0.3) is 0 Å². The molecule has 0 amide bonds. The molecule has 2 atom stereocenters. The van der Waals surface area contributed by atoms with Crippen LogP contribution in [0.2, 0.25) is 0 Å². The Hall–Kier alpha value is -1.14. The number of nitrogens with one attached hydrogen (secondary N) is 1. The summed E-state index contributed by atoms with van der Waals surface area (Å²) in [5.74, 6) is 1.06. The number of rotatable bonds is 2. The summed E-state index contributed by atoms with van der Waals surface area (Å²) in [5.41, 5.74) is -0.285. The minimum atomic E-state index is -3.43. The van der Waals surface area contributed by atoms with Gasteiger partial charge in [0.2, 0.25) is 15.6 Å². The molecule has 1 aromatic heterocycles. The highest BCUT2D eigenvalue weighted by Crippen LogP contribution is 2.39. The number of H-pyrrole nitrogens is 1. The summed E-state index contributed by atoms with van der Waals surface area (Å²) < 4.78 is 26.3. The minimum Gasteiger partial charge on any atom is -0.328 e. The van der Waals surface area contributed by atoms with Gasteiger partial charge in [0, 0.05) is 25.4 Å². The van der Waals surface area contributed by atoms with Crippen LogP contribution in [0.5, 0.6) is 0 Å². The first-order valence-corrected chi connectivity index (χ1v) is 7.70. The number of sulfonamides is 1. The van der Waals surface area contributed by atoms with E-state index in [1.807, 2.05) is 0 Å². The third-order valence-electron chi connectivity index (χ3n) is 4.09. The molecule has 0 radical (unpaired) electrons. The van der Waals surface area contributed by atoms with Gasteiger partial charge in [0.1, 0.15) is 0 Å². The Bertz CT molecular complexity index is 575. The maximum atomic E-state index is 12.4. The second kappa shape index (κ2) is 4.20. The molecule has 0 aromatic carbocycles. The van der Waals surface area contributed by atoms with Gasteiger partial charge >= 0.3 is 0 Å². The van der Waals surface area contributed by atoms with E-state index in [0.29, 0.717) is 24.9 Å². The standard InChI is InChI=1S/C12H16N2O3S/c15-12-5-4-11(6-13-12)18(16,17)14-7-9-2-1-3-10(9)8-14/h4-6,9-10H,1-3,7-8H2,(H,13,15). The molecule has 18 heavy (non-hydrogen) atoms. The predicted molar refractivity (Wildman–Crippen MR) is 66.7 cm³/mol. The van der Waals surface area contributed by atoms with Crippen LogP contribution in [0, 0.1) is 11.8 Å². The van der Waals surface area contributed by atoms with E-state index in [-0.39, 0.29) is 10.5 Å². The Morgan fingerprint density at radius 2 is 1.83 bits per heavy atom. The molecule has 3 rings (SSSR count). The van der Waals surface area contributed by atoms with Gasteiger partial charge in [-0.1, -0.05) is 6.42 Å². The normalized spacial score (nSPS) is 28.4. The van der Waals surface area contributed by atoms with Crippen LogP contribution in [-0.2, 0) is 10.0 Å². The quantitative estimate of drug-likeness (QED) is 0.862. The van der Waals surface area contributed by atoms with Gasteiger partial charge in [-0.15, -0.1) is 0 Å². The average molecular weight is 268 g/mol. The molecule has 1 saturated carbocycles. The topological polar surface area (TPSA) is 70.2 Å². The Labute approximate surface area is 106 Å². The smallest absolute Gasteiger partial charge is 0.247 e. The largest absolute Gasteiger partial charge is 0.328 e. The molecular formula is C12H16N2O3S. The van der Waals surface area contributed by atoms with Crippen LogP contribution < -0.4 is 5.56 Å². The van der Waals surface area contributed by atoms with Crippen molar-refractivity contribution in [3.63, 3.8) is 0 Å². The molecule has 1 aliphatic heterocycles. The first-order chi connectivity index (χ1) is 8.57. The Balaban J connectivity index is 1.87. The van der Waals surface area contributed by atoms with E-state index in [1.54, 1.807) is 4.31 Å². The molecule has 2 unspecified atom stereocenters. The van der Waals surface area contributed by atoms with E-state index in [4.69, 9.17) is 0 Å². The van der Waals surface area contributed by atoms with Crippen LogP contribution in [0.25, 0.3) is 0 Å². The molecule has 1 aliphatic carbocycles. The molecule has 1 saturated heterocycles. The van der Waals surface area contributed by atoms with E-state index < -0.39 is 10.0 Å². The fourth-order valence-electron chi connectivity index (χ4n) is 3.09. The molecule has 6 heteroatoms. The Morgan fingerprint density at radius 3 is 2.39 bits per heavy atom. The molecule has 2 fully saturated rings. The van der Waals surface area contributed by atoms with Crippen LogP contribution in [0.15, 0.2) is 28.0 Å². The van der Waals surface area contributed by atoms with Crippen molar-refractivity contribution >= 4 is 10.0 Å². The van der Waals surface area contributed by atoms with Gasteiger partial charge in [0.05, 0.1) is 4.90 Å². The lowest BCUT2D eigenvalue weighted by atomic mass is 10.0. The zero-order chi connectivity index (χ0) is 12.8. The third kappa shape index (κ3) is 1.89. The SMILES string of the molecule is O=c1ccc(S(=O)(=O)N2CC3CCCC3C2)c[nH]1. The molecule has 1 N–H and O–H groups in total. The average Bonchev–Trinajstić information content (AvgIpc) is 2.89. The molecule has 5 nitrogen and oxygen atoms in total. The van der Waals surface area contributed by atoms with Crippen molar-refractivity contribution < 1.29 is 8.42 Å². The number of fused-ring (bicyclic) bond motifs is 1. The summed E-state index contributed by atoms with van der Waals surface area (Å²) in [5, 5.41) is 0. The summed E-state index contributed by atoms with van der Waals surface area (Å²) in [7, 11) is -3.43. The Morgan fingerprint density at radius 1 is 1.17 bits per heavy atom. The molecule has 2 aliphatic rings. The lowest BCUT2D eigenvalue weighted by Gasteiger charge is -2.16. The summed E-state index contributed by atoms with van der Waals surface area (Å²) >= 11 is 0. The lowest BCUT2D eigenvalue weighted by Crippen LogP contribution is -2.30. The van der Waals surface area contributed by atoms with Crippen LogP contribution in [0.3, 0.4) is 0 Å². The van der Waals surface area contributed by atoms with Crippen molar-refractivity contribution in [2.75, 3.05) is 13.1 Å². The van der Waals surface area contributed by atoms with Crippen molar-refractivity contribution in [2.24, 2.45) is 11.8 Å². The van der Waals surface area contributed by atoms with Gasteiger partial charge in [-0.2, -0.15) is 4.31 Å². The zero-order valence-electron chi connectivity index (χ0n) is 10.0. The highest BCUT2D eigenvalue weighted by Gasteiger charge is 2.41. The Kier molecular flexibility index (Phi) is 2.79. The monoisotopic (exact) mass is 268 g/mol. The van der Waals surface area contributed by atoms with Crippen LogP contribution in [-0.4, -0.2) is 30.8 Å².